The summed E-state index contributed by atoms with van der Waals surface area (Å²) in [4.78, 5) is 30.5. The zero-order valence-corrected chi connectivity index (χ0v) is 15.4. The van der Waals surface area contributed by atoms with E-state index in [1.165, 1.54) is 0 Å². The fourth-order valence-corrected chi connectivity index (χ4v) is 3.81. The third-order valence-corrected chi connectivity index (χ3v) is 5.51. The molecule has 5 nitrogen and oxygen atoms in total. The second kappa shape index (κ2) is 6.72. The quantitative estimate of drug-likeness (QED) is 0.854. The minimum atomic E-state index is -0.136. The summed E-state index contributed by atoms with van der Waals surface area (Å²) in [6.45, 7) is 4.09. The molecule has 2 heterocycles. The van der Waals surface area contributed by atoms with Gasteiger partial charge in [-0.05, 0) is 44.0 Å². The predicted octanol–water partition coefficient (Wildman–Crippen LogP) is 2.62. The number of carbonyl (C=O) groups excluding carboxylic acids is 1. The van der Waals surface area contributed by atoms with E-state index >= 15 is 0 Å². The molecule has 1 aromatic carbocycles. The smallest absolute Gasteiger partial charge is 0.263 e. The van der Waals surface area contributed by atoms with E-state index in [1.54, 1.807) is 4.57 Å². The topological polar surface area (TPSA) is 45.6 Å². The van der Waals surface area contributed by atoms with Gasteiger partial charge in [0.2, 0.25) is 0 Å². The van der Waals surface area contributed by atoms with Crippen molar-refractivity contribution in [1.82, 2.24) is 14.4 Å². The Morgan fingerprint density at radius 1 is 1.08 bits per heavy atom. The van der Waals surface area contributed by atoms with Crippen LogP contribution in [0.15, 0.2) is 47.4 Å². The zero-order chi connectivity index (χ0) is 18.3. The van der Waals surface area contributed by atoms with Gasteiger partial charge < -0.3 is 14.4 Å². The fraction of sp³-hybridized carbons (Fsp3) is 0.429. The van der Waals surface area contributed by atoms with Crippen LogP contribution in [0, 0.1) is 6.92 Å². The van der Waals surface area contributed by atoms with Crippen LogP contribution < -0.4 is 5.56 Å². The molecule has 136 valence electrons. The Labute approximate surface area is 153 Å². The minimum absolute atomic E-state index is 0.0316. The summed E-state index contributed by atoms with van der Waals surface area (Å²) in [5.74, 6) is -0.135. The number of aryl methyl sites for hydroxylation is 1. The van der Waals surface area contributed by atoms with Gasteiger partial charge in [-0.2, -0.15) is 0 Å². The van der Waals surface area contributed by atoms with Crippen LogP contribution in [0.3, 0.4) is 0 Å². The molecule has 0 N–H and O–H groups in total. The van der Waals surface area contributed by atoms with Crippen molar-refractivity contribution in [3.8, 4) is 0 Å². The number of hydrogen-bond donors (Lipinski definition) is 0. The van der Waals surface area contributed by atoms with Crippen molar-refractivity contribution in [2.24, 2.45) is 0 Å². The molecule has 2 fully saturated rings. The molecule has 0 bridgehead atoms. The van der Waals surface area contributed by atoms with E-state index in [4.69, 9.17) is 0 Å². The van der Waals surface area contributed by atoms with Gasteiger partial charge in [0, 0.05) is 31.9 Å². The second-order valence-corrected chi connectivity index (χ2v) is 7.50. The normalized spacial score (nSPS) is 21.0. The van der Waals surface area contributed by atoms with Gasteiger partial charge in [-0.3, -0.25) is 9.59 Å². The Bertz CT molecular complexity index is 871. The predicted molar refractivity (Wildman–Crippen MR) is 101 cm³/mol. The van der Waals surface area contributed by atoms with Gasteiger partial charge >= 0.3 is 0 Å². The molecule has 5 heteroatoms. The number of likely N-dealkylation sites (N-methyl/N-ethyl adjacent to an activating group) is 1. The van der Waals surface area contributed by atoms with Crippen LogP contribution >= 0.6 is 0 Å². The molecule has 2 aromatic rings. The summed E-state index contributed by atoms with van der Waals surface area (Å²) in [5.41, 5.74) is 2.08. The van der Waals surface area contributed by atoms with E-state index in [0.717, 1.165) is 37.1 Å². The highest BCUT2D eigenvalue weighted by atomic mass is 16.2. The molecule has 1 aliphatic carbocycles. The number of hydrogen-bond acceptors (Lipinski definition) is 3. The molecule has 1 atom stereocenters. The van der Waals surface area contributed by atoms with Crippen LogP contribution in [-0.2, 0) is 0 Å². The zero-order valence-electron chi connectivity index (χ0n) is 15.4. The largest absolute Gasteiger partial charge is 0.329 e. The molecule has 1 saturated carbocycles. The molecule has 1 aliphatic heterocycles. The lowest BCUT2D eigenvalue weighted by molar-refractivity contribution is 0.0495. The molecular weight excluding hydrogens is 326 g/mol. The number of benzene rings is 1. The Balaban J connectivity index is 1.72. The SMILES string of the molecule is Cc1ccn(C2CC2)c(=O)c1C(=O)N1CCN(C)CC1c1ccccc1. The van der Waals surface area contributed by atoms with Gasteiger partial charge in [0.25, 0.3) is 11.5 Å². The number of carbonyl (C=O) groups is 1. The first-order valence-corrected chi connectivity index (χ1v) is 9.32. The van der Waals surface area contributed by atoms with Gasteiger partial charge in [-0.25, -0.2) is 0 Å². The Morgan fingerprint density at radius 2 is 1.81 bits per heavy atom. The first-order chi connectivity index (χ1) is 12.6. The van der Waals surface area contributed by atoms with Crippen molar-refractivity contribution in [1.29, 1.82) is 0 Å². The van der Waals surface area contributed by atoms with E-state index in [1.807, 2.05) is 42.3 Å². The Kier molecular flexibility index (Phi) is 4.41. The summed E-state index contributed by atoms with van der Waals surface area (Å²) in [7, 11) is 2.08. The van der Waals surface area contributed by atoms with Crippen molar-refractivity contribution < 1.29 is 4.79 Å². The molecule has 1 saturated heterocycles. The lowest BCUT2D eigenvalue weighted by atomic mass is 10.0. The van der Waals surface area contributed by atoms with E-state index in [2.05, 4.69) is 24.1 Å². The lowest BCUT2D eigenvalue weighted by Gasteiger charge is -2.40. The van der Waals surface area contributed by atoms with E-state index in [0.29, 0.717) is 12.1 Å². The number of piperazine rings is 1. The van der Waals surface area contributed by atoms with E-state index < -0.39 is 0 Å². The van der Waals surface area contributed by atoms with Crippen molar-refractivity contribution in [2.45, 2.75) is 31.8 Å². The summed E-state index contributed by atoms with van der Waals surface area (Å²) in [6, 6.07) is 12.2. The average molecular weight is 351 g/mol. The maximum absolute atomic E-state index is 13.4. The third kappa shape index (κ3) is 3.07. The van der Waals surface area contributed by atoms with E-state index in [9.17, 15) is 9.59 Å². The minimum Gasteiger partial charge on any atom is -0.329 e. The summed E-state index contributed by atoms with van der Waals surface area (Å²) >= 11 is 0. The summed E-state index contributed by atoms with van der Waals surface area (Å²) in [5, 5.41) is 0. The van der Waals surface area contributed by atoms with E-state index in [-0.39, 0.29) is 23.6 Å². The first-order valence-electron chi connectivity index (χ1n) is 9.32. The van der Waals surface area contributed by atoms with Crippen molar-refractivity contribution in [2.75, 3.05) is 26.7 Å². The van der Waals surface area contributed by atoms with Crippen LogP contribution in [0.1, 0.15) is 46.4 Å². The number of rotatable bonds is 3. The standard InChI is InChI=1S/C21H25N3O2/c1-15-10-11-23(17-8-9-17)20(25)19(15)21(26)24-13-12-22(2)14-18(24)16-6-4-3-5-7-16/h3-7,10-11,17-18H,8-9,12-14H2,1-2H3. The van der Waals surface area contributed by atoms with Crippen LogP contribution in [-0.4, -0.2) is 47.0 Å². The molecule has 4 rings (SSSR count). The molecule has 26 heavy (non-hydrogen) atoms. The van der Waals surface area contributed by atoms with Gasteiger partial charge in [0.1, 0.15) is 5.56 Å². The average Bonchev–Trinajstić information content (AvgIpc) is 3.47. The number of nitrogens with zero attached hydrogens (tertiary/aromatic N) is 3. The van der Waals surface area contributed by atoms with Crippen LogP contribution in [0.2, 0.25) is 0 Å². The molecular formula is C21H25N3O2. The van der Waals surface area contributed by atoms with Crippen LogP contribution in [0.25, 0.3) is 0 Å². The second-order valence-electron chi connectivity index (χ2n) is 7.50. The van der Waals surface area contributed by atoms with Gasteiger partial charge in [0.15, 0.2) is 0 Å². The van der Waals surface area contributed by atoms with Crippen molar-refractivity contribution >= 4 is 5.91 Å². The number of pyridine rings is 1. The molecule has 0 spiro atoms. The highest BCUT2D eigenvalue weighted by Gasteiger charge is 2.34. The van der Waals surface area contributed by atoms with Gasteiger partial charge in [0.05, 0.1) is 6.04 Å². The first kappa shape index (κ1) is 17.0. The monoisotopic (exact) mass is 351 g/mol. The maximum atomic E-state index is 13.4. The molecule has 0 radical (unpaired) electrons. The highest BCUT2D eigenvalue weighted by molar-refractivity contribution is 5.95. The Morgan fingerprint density at radius 3 is 2.50 bits per heavy atom. The van der Waals surface area contributed by atoms with Crippen molar-refractivity contribution in [3.05, 3.63) is 69.6 Å². The fourth-order valence-electron chi connectivity index (χ4n) is 3.81. The van der Waals surface area contributed by atoms with Gasteiger partial charge in [-0.15, -0.1) is 0 Å². The van der Waals surface area contributed by atoms with Crippen molar-refractivity contribution in [3.63, 3.8) is 0 Å². The molecule has 1 amide bonds. The number of amides is 1. The van der Waals surface area contributed by atoms with Crippen LogP contribution in [0.4, 0.5) is 0 Å². The third-order valence-electron chi connectivity index (χ3n) is 5.51. The maximum Gasteiger partial charge on any atom is 0.263 e. The molecule has 1 unspecified atom stereocenters. The summed E-state index contributed by atoms with van der Waals surface area (Å²) < 4.78 is 1.74. The molecule has 1 aromatic heterocycles. The van der Waals surface area contributed by atoms with Gasteiger partial charge in [-0.1, -0.05) is 30.3 Å². The summed E-state index contributed by atoms with van der Waals surface area (Å²) in [6.07, 6.45) is 3.89. The van der Waals surface area contributed by atoms with Crippen LogP contribution in [0.5, 0.6) is 0 Å². The molecule has 2 aliphatic rings. The highest BCUT2D eigenvalue weighted by Crippen LogP contribution is 2.34. The lowest BCUT2D eigenvalue weighted by Crippen LogP contribution is -2.50. The number of aromatic nitrogens is 1. The Hall–Kier alpha value is -2.40.